The lowest BCUT2D eigenvalue weighted by Gasteiger charge is -2.37. The Morgan fingerprint density at radius 2 is 2.11 bits per heavy atom. The maximum atomic E-state index is 11.5. The Kier molecular flexibility index (Phi) is 5.64. The number of nitrogens with zero attached hydrogens (tertiary/aromatic N) is 1. The van der Waals surface area contributed by atoms with E-state index < -0.39 is 0 Å². The third kappa shape index (κ3) is 4.18. The molecule has 4 nitrogen and oxygen atoms in total. The van der Waals surface area contributed by atoms with Crippen molar-refractivity contribution in [2.75, 3.05) is 26.2 Å². The summed E-state index contributed by atoms with van der Waals surface area (Å²) in [4.78, 5) is 14.0. The van der Waals surface area contributed by atoms with Crippen LogP contribution in [-0.2, 0) is 9.53 Å². The Morgan fingerprint density at radius 1 is 1.37 bits per heavy atom. The molecular weight excluding hydrogens is 240 g/mol. The molecule has 0 aliphatic carbocycles. The topological polar surface area (TPSA) is 41.6 Å². The van der Waals surface area contributed by atoms with Crippen LogP contribution in [0.5, 0.6) is 0 Å². The maximum absolute atomic E-state index is 11.5. The summed E-state index contributed by atoms with van der Waals surface area (Å²) in [7, 11) is 0. The summed E-state index contributed by atoms with van der Waals surface area (Å²) in [5, 5.41) is 3.63. The van der Waals surface area contributed by atoms with Crippen LogP contribution >= 0.6 is 0 Å². The van der Waals surface area contributed by atoms with Crippen molar-refractivity contribution in [1.82, 2.24) is 10.2 Å². The van der Waals surface area contributed by atoms with Gasteiger partial charge in [-0.25, -0.2) is 0 Å². The van der Waals surface area contributed by atoms with Crippen molar-refractivity contribution >= 4 is 5.97 Å². The van der Waals surface area contributed by atoms with Crippen LogP contribution in [0.15, 0.2) is 0 Å². The standard InChI is InChI=1S/C15H28N2O2/c1-3-19-15(18)11-12(2)17-9-6-13(7-10-17)14-5-4-8-16-14/h12-14,16H,3-11H2,1-2H3. The predicted octanol–water partition coefficient (Wildman–Crippen LogP) is 1.79. The van der Waals surface area contributed by atoms with Gasteiger partial charge in [0.2, 0.25) is 0 Å². The molecule has 110 valence electrons. The minimum atomic E-state index is -0.0606. The van der Waals surface area contributed by atoms with Gasteiger partial charge in [-0.3, -0.25) is 4.79 Å². The van der Waals surface area contributed by atoms with Gasteiger partial charge >= 0.3 is 5.97 Å². The zero-order valence-corrected chi connectivity index (χ0v) is 12.4. The van der Waals surface area contributed by atoms with Crippen molar-refractivity contribution in [3.8, 4) is 0 Å². The minimum absolute atomic E-state index is 0.0606. The molecule has 2 aliphatic rings. The van der Waals surface area contributed by atoms with Crippen molar-refractivity contribution in [2.45, 2.75) is 58.0 Å². The van der Waals surface area contributed by atoms with Crippen LogP contribution in [0.25, 0.3) is 0 Å². The second-order valence-corrected chi connectivity index (χ2v) is 5.93. The molecule has 0 bridgehead atoms. The van der Waals surface area contributed by atoms with E-state index in [0.29, 0.717) is 19.1 Å². The Balaban J connectivity index is 1.71. The number of rotatable bonds is 5. The van der Waals surface area contributed by atoms with E-state index in [2.05, 4.69) is 17.1 Å². The molecule has 2 saturated heterocycles. The summed E-state index contributed by atoms with van der Waals surface area (Å²) in [5.41, 5.74) is 0. The first-order chi connectivity index (χ1) is 9.20. The largest absolute Gasteiger partial charge is 0.466 e. The van der Waals surface area contributed by atoms with E-state index >= 15 is 0 Å². The smallest absolute Gasteiger partial charge is 0.307 e. The highest BCUT2D eigenvalue weighted by atomic mass is 16.5. The van der Waals surface area contributed by atoms with E-state index in [-0.39, 0.29) is 5.97 Å². The molecule has 0 aromatic heterocycles. The minimum Gasteiger partial charge on any atom is -0.466 e. The van der Waals surface area contributed by atoms with Crippen molar-refractivity contribution < 1.29 is 9.53 Å². The van der Waals surface area contributed by atoms with E-state index in [0.717, 1.165) is 25.0 Å². The highest BCUT2D eigenvalue weighted by molar-refractivity contribution is 5.70. The lowest BCUT2D eigenvalue weighted by Crippen LogP contribution is -2.44. The van der Waals surface area contributed by atoms with E-state index in [1.165, 1.54) is 32.2 Å². The average Bonchev–Trinajstić information content (AvgIpc) is 2.93. The van der Waals surface area contributed by atoms with Gasteiger partial charge in [0.15, 0.2) is 0 Å². The van der Waals surface area contributed by atoms with E-state index in [9.17, 15) is 4.79 Å². The van der Waals surface area contributed by atoms with Gasteiger partial charge in [0.1, 0.15) is 0 Å². The number of carbonyl (C=O) groups is 1. The molecule has 0 aromatic carbocycles. The third-order valence-electron chi connectivity index (χ3n) is 4.63. The molecule has 2 atom stereocenters. The molecule has 1 N–H and O–H groups in total. The van der Waals surface area contributed by atoms with Crippen molar-refractivity contribution in [3.05, 3.63) is 0 Å². The number of nitrogens with one attached hydrogen (secondary N) is 1. The second kappa shape index (κ2) is 7.25. The quantitative estimate of drug-likeness (QED) is 0.772. The van der Waals surface area contributed by atoms with Gasteiger partial charge in [-0.2, -0.15) is 0 Å². The lowest BCUT2D eigenvalue weighted by atomic mass is 9.88. The lowest BCUT2D eigenvalue weighted by molar-refractivity contribution is -0.144. The number of hydrogen-bond acceptors (Lipinski definition) is 4. The molecule has 2 unspecified atom stereocenters. The molecule has 2 heterocycles. The van der Waals surface area contributed by atoms with Crippen molar-refractivity contribution in [2.24, 2.45) is 5.92 Å². The summed E-state index contributed by atoms with van der Waals surface area (Å²) in [6.07, 6.45) is 5.75. The molecule has 19 heavy (non-hydrogen) atoms. The molecule has 0 aromatic rings. The zero-order chi connectivity index (χ0) is 13.7. The molecule has 0 amide bonds. The summed E-state index contributed by atoms with van der Waals surface area (Å²) in [6.45, 7) is 7.95. The summed E-state index contributed by atoms with van der Waals surface area (Å²) in [5.74, 6) is 0.781. The Morgan fingerprint density at radius 3 is 2.68 bits per heavy atom. The van der Waals surface area contributed by atoms with E-state index in [4.69, 9.17) is 4.74 Å². The predicted molar refractivity (Wildman–Crippen MR) is 76.0 cm³/mol. The van der Waals surface area contributed by atoms with Crippen LogP contribution in [0.4, 0.5) is 0 Å². The molecule has 0 saturated carbocycles. The van der Waals surface area contributed by atoms with E-state index in [1.807, 2.05) is 6.92 Å². The van der Waals surface area contributed by atoms with Crippen molar-refractivity contribution in [3.63, 3.8) is 0 Å². The maximum Gasteiger partial charge on any atom is 0.307 e. The fourth-order valence-electron chi connectivity index (χ4n) is 3.47. The van der Waals surface area contributed by atoms with Gasteiger partial charge in [0.25, 0.3) is 0 Å². The van der Waals surface area contributed by atoms with Crippen LogP contribution in [-0.4, -0.2) is 49.2 Å². The Labute approximate surface area is 116 Å². The van der Waals surface area contributed by atoms with Crippen LogP contribution in [0.2, 0.25) is 0 Å². The Hall–Kier alpha value is -0.610. The summed E-state index contributed by atoms with van der Waals surface area (Å²) >= 11 is 0. The Bertz CT molecular complexity index is 282. The number of hydrogen-bond donors (Lipinski definition) is 1. The van der Waals surface area contributed by atoms with Gasteiger partial charge in [-0.05, 0) is 65.1 Å². The zero-order valence-electron chi connectivity index (χ0n) is 12.4. The van der Waals surface area contributed by atoms with Crippen LogP contribution in [0.1, 0.15) is 46.0 Å². The molecule has 0 spiro atoms. The molecule has 2 aliphatic heterocycles. The highest BCUT2D eigenvalue weighted by Crippen LogP contribution is 2.26. The van der Waals surface area contributed by atoms with Crippen LogP contribution in [0, 0.1) is 5.92 Å². The van der Waals surface area contributed by atoms with Crippen LogP contribution < -0.4 is 5.32 Å². The van der Waals surface area contributed by atoms with Crippen LogP contribution in [0.3, 0.4) is 0 Å². The summed E-state index contributed by atoms with van der Waals surface area (Å²) < 4.78 is 5.03. The molecule has 4 heteroatoms. The van der Waals surface area contributed by atoms with Gasteiger partial charge in [-0.1, -0.05) is 0 Å². The van der Waals surface area contributed by atoms with Gasteiger partial charge in [0.05, 0.1) is 13.0 Å². The molecule has 2 rings (SSSR count). The monoisotopic (exact) mass is 268 g/mol. The van der Waals surface area contributed by atoms with Gasteiger partial charge < -0.3 is 15.0 Å². The second-order valence-electron chi connectivity index (χ2n) is 5.93. The van der Waals surface area contributed by atoms with Crippen molar-refractivity contribution in [1.29, 1.82) is 0 Å². The van der Waals surface area contributed by atoms with Gasteiger partial charge in [-0.15, -0.1) is 0 Å². The fourth-order valence-corrected chi connectivity index (χ4v) is 3.47. The number of likely N-dealkylation sites (tertiary alicyclic amines) is 1. The first kappa shape index (κ1) is 14.8. The van der Waals surface area contributed by atoms with E-state index in [1.54, 1.807) is 0 Å². The number of piperidine rings is 1. The molecular formula is C15H28N2O2. The SMILES string of the molecule is CCOC(=O)CC(C)N1CCC(C2CCCN2)CC1. The number of carbonyl (C=O) groups excluding carboxylic acids is 1. The average molecular weight is 268 g/mol. The number of esters is 1. The number of ether oxygens (including phenoxy) is 1. The first-order valence-corrected chi connectivity index (χ1v) is 7.83. The molecule has 0 radical (unpaired) electrons. The third-order valence-corrected chi connectivity index (χ3v) is 4.63. The molecule has 2 fully saturated rings. The first-order valence-electron chi connectivity index (χ1n) is 7.83. The fraction of sp³-hybridized carbons (Fsp3) is 0.933. The highest BCUT2D eigenvalue weighted by Gasteiger charge is 2.30. The normalized spacial score (nSPS) is 27.4. The van der Waals surface area contributed by atoms with Gasteiger partial charge in [0, 0.05) is 12.1 Å². The summed E-state index contributed by atoms with van der Waals surface area (Å²) in [6, 6.07) is 1.07.